The Morgan fingerprint density at radius 2 is 2.00 bits per heavy atom. The molecule has 0 aliphatic carbocycles. The summed E-state index contributed by atoms with van der Waals surface area (Å²) < 4.78 is 0. The van der Waals surface area contributed by atoms with Crippen molar-refractivity contribution in [3.63, 3.8) is 0 Å². The first-order chi connectivity index (χ1) is 8.75. The first-order valence-electron chi connectivity index (χ1n) is 6.53. The Hall–Kier alpha value is -1.39. The zero-order chi connectivity index (χ0) is 14.6. The molecule has 1 unspecified atom stereocenters. The molecule has 0 aromatic heterocycles. The van der Waals surface area contributed by atoms with Crippen LogP contribution in [0.1, 0.15) is 43.6 Å². The second kappa shape index (κ2) is 6.17. The molecule has 0 saturated carbocycles. The fourth-order valence-electron chi connectivity index (χ4n) is 1.85. The van der Waals surface area contributed by atoms with Gasteiger partial charge in [0.2, 0.25) is 0 Å². The number of aryl methyl sites for hydroxylation is 1. The van der Waals surface area contributed by atoms with E-state index in [0.29, 0.717) is 18.7 Å². The molecule has 0 heterocycles. The van der Waals surface area contributed by atoms with Crippen LogP contribution in [-0.2, 0) is 10.2 Å². The molecule has 4 heteroatoms. The van der Waals surface area contributed by atoms with Crippen molar-refractivity contribution in [2.75, 3.05) is 13.1 Å². The van der Waals surface area contributed by atoms with Gasteiger partial charge in [0.05, 0.1) is 0 Å². The molecule has 0 fully saturated rings. The van der Waals surface area contributed by atoms with Crippen LogP contribution in [0.2, 0.25) is 0 Å². The van der Waals surface area contributed by atoms with E-state index in [-0.39, 0.29) is 5.41 Å². The smallest absolute Gasteiger partial charge is 0.253 e. The average molecular weight is 264 g/mol. The van der Waals surface area contributed by atoms with Gasteiger partial charge in [-0.3, -0.25) is 4.79 Å². The van der Waals surface area contributed by atoms with Crippen LogP contribution in [0.4, 0.5) is 0 Å². The van der Waals surface area contributed by atoms with Crippen molar-refractivity contribution in [3.05, 3.63) is 34.9 Å². The number of aliphatic hydroxyl groups excluding tert-OH is 1. The molecule has 0 saturated heterocycles. The van der Waals surface area contributed by atoms with Crippen LogP contribution in [0, 0.1) is 6.92 Å². The molecule has 1 atom stereocenters. The Bertz CT molecular complexity index is 450. The summed E-state index contributed by atoms with van der Waals surface area (Å²) in [4.78, 5) is 11.8. The molecular formula is C15H24N2O2. The minimum absolute atomic E-state index is 0.0196. The number of benzene rings is 1. The van der Waals surface area contributed by atoms with Gasteiger partial charge in [0.1, 0.15) is 0 Å². The summed E-state index contributed by atoms with van der Waals surface area (Å²) in [7, 11) is 0. The van der Waals surface area contributed by atoms with Crippen LogP contribution in [0.5, 0.6) is 0 Å². The van der Waals surface area contributed by atoms with Crippen molar-refractivity contribution in [1.82, 2.24) is 5.32 Å². The van der Waals surface area contributed by atoms with Crippen molar-refractivity contribution in [3.8, 4) is 0 Å². The van der Waals surface area contributed by atoms with Gasteiger partial charge >= 0.3 is 0 Å². The van der Waals surface area contributed by atoms with Crippen molar-refractivity contribution in [2.45, 2.75) is 39.2 Å². The van der Waals surface area contributed by atoms with E-state index in [4.69, 9.17) is 5.73 Å². The number of nitrogens with two attached hydrogens (primary N) is 1. The normalized spacial score (nSPS) is 13.2. The highest BCUT2D eigenvalue weighted by molar-refractivity contribution is 5.82. The molecule has 0 spiro atoms. The maximum atomic E-state index is 11.8. The molecule has 106 valence electrons. The summed E-state index contributed by atoms with van der Waals surface area (Å²) in [6.07, 6.45) is -1.15. The molecule has 1 rings (SSSR count). The molecule has 1 aromatic carbocycles. The summed E-state index contributed by atoms with van der Waals surface area (Å²) in [5.74, 6) is -0.407. The standard InChI is InChI=1S/C15H24N2O2/c1-10-7-11(9-12(8-10)15(2,3)4)13(18)14(19)17-6-5-16/h7-9,13,18H,5-6,16H2,1-4H3,(H,17,19). The van der Waals surface area contributed by atoms with Crippen molar-refractivity contribution >= 4 is 5.91 Å². The lowest BCUT2D eigenvalue weighted by molar-refractivity contribution is -0.129. The van der Waals surface area contributed by atoms with Crippen molar-refractivity contribution < 1.29 is 9.90 Å². The average Bonchev–Trinajstić information content (AvgIpc) is 2.33. The minimum Gasteiger partial charge on any atom is -0.378 e. The van der Waals surface area contributed by atoms with Gasteiger partial charge in [-0.05, 0) is 23.5 Å². The Kier molecular flexibility index (Phi) is 5.09. The maximum absolute atomic E-state index is 11.8. The Morgan fingerprint density at radius 1 is 1.37 bits per heavy atom. The topological polar surface area (TPSA) is 75.3 Å². The van der Waals surface area contributed by atoms with Crippen LogP contribution in [0.15, 0.2) is 18.2 Å². The lowest BCUT2D eigenvalue weighted by Crippen LogP contribution is -2.33. The lowest BCUT2D eigenvalue weighted by atomic mass is 9.84. The number of aliphatic hydroxyl groups is 1. The molecule has 0 aliphatic rings. The van der Waals surface area contributed by atoms with Gasteiger partial charge in [0.25, 0.3) is 5.91 Å². The van der Waals surface area contributed by atoms with Crippen LogP contribution in [0.3, 0.4) is 0 Å². The zero-order valence-electron chi connectivity index (χ0n) is 12.2. The zero-order valence-corrected chi connectivity index (χ0v) is 12.2. The van der Waals surface area contributed by atoms with Gasteiger partial charge in [-0.1, -0.05) is 44.5 Å². The van der Waals surface area contributed by atoms with E-state index >= 15 is 0 Å². The van der Waals surface area contributed by atoms with Crippen LogP contribution >= 0.6 is 0 Å². The minimum atomic E-state index is -1.15. The number of carbonyl (C=O) groups is 1. The highest BCUT2D eigenvalue weighted by Gasteiger charge is 2.20. The first kappa shape index (κ1) is 15.7. The fourth-order valence-corrected chi connectivity index (χ4v) is 1.85. The summed E-state index contributed by atoms with van der Waals surface area (Å²) in [5, 5.41) is 12.7. The maximum Gasteiger partial charge on any atom is 0.253 e. The van der Waals surface area contributed by atoms with E-state index in [1.165, 1.54) is 0 Å². The predicted octanol–water partition coefficient (Wildman–Crippen LogP) is 1.40. The highest BCUT2D eigenvalue weighted by Crippen LogP contribution is 2.26. The van der Waals surface area contributed by atoms with E-state index < -0.39 is 12.0 Å². The number of amides is 1. The molecule has 0 aliphatic heterocycles. The summed E-state index contributed by atoms with van der Waals surface area (Å²) in [5.41, 5.74) is 8.07. The number of rotatable bonds is 4. The number of nitrogens with one attached hydrogen (secondary N) is 1. The SMILES string of the molecule is Cc1cc(C(O)C(=O)NCCN)cc(C(C)(C)C)c1. The highest BCUT2D eigenvalue weighted by atomic mass is 16.3. The van der Waals surface area contributed by atoms with Gasteiger partial charge in [-0.15, -0.1) is 0 Å². The molecule has 4 N–H and O–H groups in total. The van der Waals surface area contributed by atoms with E-state index in [1.54, 1.807) is 0 Å². The van der Waals surface area contributed by atoms with Crippen molar-refractivity contribution in [1.29, 1.82) is 0 Å². The van der Waals surface area contributed by atoms with E-state index in [0.717, 1.165) is 11.1 Å². The third-order valence-corrected chi connectivity index (χ3v) is 2.97. The molecule has 1 aromatic rings. The van der Waals surface area contributed by atoms with Gasteiger partial charge in [-0.25, -0.2) is 0 Å². The predicted molar refractivity (Wildman–Crippen MR) is 76.9 cm³/mol. The summed E-state index contributed by atoms with van der Waals surface area (Å²) >= 11 is 0. The molecular weight excluding hydrogens is 240 g/mol. The van der Waals surface area contributed by atoms with E-state index in [2.05, 4.69) is 32.2 Å². The van der Waals surface area contributed by atoms with Gasteiger partial charge < -0.3 is 16.2 Å². The molecule has 0 radical (unpaired) electrons. The quantitative estimate of drug-likeness (QED) is 0.769. The second-order valence-corrected chi connectivity index (χ2v) is 5.86. The summed E-state index contributed by atoms with van der Waals surface area (Å²) in [6.45, 7) is 9.00. The molecule has 1 amide bonds. The number of hydrogen-bond donors (Lipinski definition) is 3. The van der Waals surface area contributed by atoms with Gasteiger partial charge in [0, 0.05) is 13.1 Å². The molecule has 4 nitrogen and oxygen atoms in total. The Labute approximate surface area is 115 Å². The number of carbonyl (C=O) groups excluding carboxylic acids is 1. The van der Waals surface area contributed by atoms with Crippen LogP contribution in [-0.4, -0.2) is 24.1 Å². The van der Waals surface area contributed by atoms with E-state index in [1.807, 2.05) is 19.1 Å². The first-order valence-corrected chi connectivity index (χ1v) is 6.53. The molecule has 19 heavy (non-hydrogen) atoms. The monoisotopic (exact) mass is 264 g/mol. The van der Waals surface area contributed by atoms with Gasteiger partial charge in [0.15, 0.2) is 6.10 Å². The molecule has 0 bridgehead atoms. The van der Waals surface area contributed by atoms with Crippen LogP contribution < -0.4 is 11.1 Å². The number of hydrogen-bond acceptors (Lipinski definition) is 3. The third-order valence-electron chi connectivity index (χ3n) is 2.97. The lowest BCUT2D eigenvalue weighted by Gasteiger charge is -2.22. The van der Waals surface area contributed by atoms with E-state index in [9.17, 15) is 9.90 Å². The Morgan fingerprint density at radius 3 is 2.53 bits per heavy atom. The Balaban J connectivity index is 3.00. The van der Waals surface area contributed by atoms with Crippen LogP contribution in [0.25, 0.3) is 0 Å². The van der Waals surface area contributed by atoms with Gasteiger partial charge in [-0.2, -0.15) is 0 Å². The largest absolute Gasteiger partial charge is 0.378 e. The second-order valence-electron chi connectivity index (χ2n) is 5.86. The third kappa shape index (κ3) is 4.33. The van der Waals surface area contributed by atoms with Crippen molar-refractivity contribution in [2.24, 2.45) is 5.73 Å². The summed E-state index contributed by atoms with van der Waals surface area (Å²) in [6, 6.07) is 5.80. The fraction of sp³-hybridized carbons (Fsp3) is 0.533.